The van der Waals surface area contributed by atoms with Gasteiger partial charge in [0.25, 0.3) is 5.91 Å². The normalized spacial score (nSPS) is 21.7. The Morgan fingerprint density at radius 3 is 2.39 bits per heavy atom. The lowest BCUT2D eigenvalue weighted by Gasteiger charge is -2.33. The predicted octanol–water partition coefficient (Wildman–Crippen LogP) is 3.17. The number of fused-ring (bicyclic) bond motifs is 1. The molecule has 4 amide bonds. The first-order valence-corrected chi connectivity index (χ1v) is 18.4. The average molecular weight is 696 g/mol. The van der Waals surface area contributed by atoms with E-state index in [4.69, 9.17) is 9.47 Å². The Morgan fingerprint density at radius 2 is 1.69 bits per heavy atom. The fourth-order valence-corrected chi connectivity index (χ4v) is 8.44. The van der Waals surface area contributed by atoms with Crippen molar-refractivity contribution in [3.8, 4) is 5.75 Å². The van der Waals surface area contributed by atoms with Crippen LogP contribution in [-0.4, -0.2) is 96.3 Å². The Kier molecular flexibility index (Phi) is 10.0. The molecule has 0 bridgehead atoms. The van der Waals surface area contributed by atoms with E-state index in [0.29, 0.717) is 56.8 Å². The van der Waals surface area contributed by atoms with Gasteiger partial charge in [-0.25, -0.2) is 13.2 Å². The zero-order valence-electron chi connectivity index (χ0n) is 28.3. The quantitative estimate of drug-likeness (QED) is 0.397. The third-order valence-corrected chi connectivity index (χ3v) is 11.3. The molecule has 13 nitrogen and oxygen atoms in total. The number of ether oxygens (including phenoxy) is 2. The van der Waals surface area contributed by atoms with E-state index in [0.717, 1.165) is 37.1 Å². The van der Waals surface area contributed by atoms with E-state index in [1.165, 1.54) is 4.31 Å². The van der Waals surface area contributed by atoms with Crippen molar-refractivity contribution in [3.05, 3.63) is 59.2 Å². The Hall–Kier alpha value is -4.01. The van der Waals surface area contributed by atoms with E-state index >= 15 is 0 Å². The summed E-state index contributed by atoms with van der Waals surface area (Å²) in [6.45, 7) is 8.65. The Morgan fingerprint density at radius 1 is 0.959 bits per heavy atom. The predicted molar refractivity (Wildman–Crippen MR) is 179 cm³/mol. The second-order valence-electron chi connectivity index (χ2n) is 14.3. The number of hydrogen-bond acceptors (Lipinski definition) is 9. The van der Waals surface area contributed by atoms with Crippen LogP contribution in [0.5, 0.6) is 5.75 Å². The Balaban J connectivity index is 0.979. The van der Waals surface area contributed by atoms with Gasteiger partial charge in [-0.1, -0.05) is 18.2 Å². The maximum absolute atomic E-state index is 13.5. The standard InChI is InChI=1S/C35H45N5O8S/c1-35(2,3)48-34(44)36-25-11-17-39(18-12-25)49(45,46)28-6-4-5-27(20-28)47-26-13-15-38(16-14-26)21-23-7-8-29-24(19-23)22-40(33(29)43)30-9-10-31(41)37-32(30)42/h4-8,19-20,25-26,30H,9-18,21-22H2,1-3H3,(H,36,44)(H,37,41,42). The SMILES string of the molecule is CC(C)(C)OC(=O)NC1CCN(S(=O)(=O)c2cccc(OC3CCN(Cc4ccc5c(c4)CN(C4CCC(=O)NC4=O)C5=O)CC3)c2)CC1. The van der Waals surface area contributed by atoms with Crippen LogP contribution >= 0.6 is 0 Å². The number of carbonyl (C=O) groups excluding carboxylic acids is 4. The molecule has 2 aromatic rings. The van der Waals surface area contributed by atoms with Crippen LogP contribution < -0.4 is 15.4 Å². The number of nitrogens with one attached hydrogen (secondary N) is 2. The molecule has 6 rings (SSSR count). The van der Waals surface area contributed by atoms with E-state index in [1.807, 2.05) is 18.2 Å². The van der Waals surface area contributed by atoms with E-state index in [1.54, 1.807) is 49.9 Å². The number of imide groups is 1. The van der Waals surface area contributed by atoms with E-state index in [9.17, 15) is 27.6 Å². The van der Waals surface area contributed by atoms with Gasteiger partial charge in [-0.3, -0.25) is 24.6 Å². The summed E-state index contributed by atoms with van der Waals surface area (Å²) >= 11 is 0. The molecule has 0 saturated carbocycles. The van der Waals surface area contributed by atoms with Crippen LogP contribution in [0.15, 0.2) is 47.4 Å². The molecule has 3 fully saturated rings. The lowest BCUT2D eigenvalue weighted by molar-refractivity contribution is -0.136. The number of rotatable bonds is 8. The molecule has 4 heterocycles. The van der Waals surface area contributed by atoms with Gasteiger partial charge in [0.15, 0.2) is 0 Å². The first-order chi connectivity index (χ1) is 23.2. The number of hydrogen-bond donors (Lipinski definition) is 2. The molecule has 2 aromatic carbocycles. The van der Waals surface area contributed by atoms with Crippen LogP contribution in [0.25, 0.3) is 0 Å². The highest BCUT2D eigenvalue weighted by Gasteiger charge is 2.39. The van der Waals surface area contributed by atoms with E-state index in [-0.39, 0.29) is 35.3 Å². The summed E-state index contributed by atoms with van der Waals surface area (Å²) < 4.78 is 40.0. The number of sulfonamides is 1. The fraction of sp³-hybridized carbons (Fsp3) is 0.543. The summed E-state index contributed by atoms with van der Waals surface area (Å²) in [7, 11) is -3.73. The van der Waals surface area contributed by atoms with Crippen molar-refractivity contribution in [2.75, 3.05) is 26.2 Å². The molecule has 264 valence electrons. The molecular weight excluding hydrogens is 650 g/mol. The molecule has 49 heavy (non-hydrogen) atoms. The maximum Gasteiger partial charge on any atom is 0.407 e. The van der Waals surface area contributed by atoms with Crippen molar-refractivity contribution < 1.29 is 37.1 Å². The minimum Gasteiger partial charge on any atom is -0.490 e. The third-order valence-electron chi connectivity index (χ3n) is 9.45. The molecule has 0 aromatic heterocycles. The summed E-state index contributed by atoms with van der Waals surface area (Å²) in [5.74, 6) is -0.377. The first kappa shape index (κ1) is 34.8. The molecular formula is C35H45N5O8S. The van der Waals surface area contributed by atoms with Crippen molar-refractivity contribution in [3.63, 3.8) is 0 Å². The van der Waals surface area contributed by atoms with Gasteiger partial charge < -0.3 is 19.7 Å². The maximum atomic E-state index is 13.5. The van der Waals surface area contributed by atoms with Gasteiger partial charge >= 0.3 is 6.09 Å². The molecule has 1 unspecified atom stereocenters. The molecule has 4 aliphatic rings. The van der Waals surface area contributed by atoms with Gasteiger partial charge in [-0.15, -0.1) is 0 Å². The summed E-state index contributed by atoms with van der Waals surface area (Å²) in [6, 6.07) is 11.7. The van der Waals surface area contributed by atoms with Crippen molar-refractivity contribution in [2.24, 2.45) is 0 Å². The second-order valence-corrected chi connectivity index (χ2v) is 16.2. The number of likely N-dealkylation sites (tertiary alicyclic amines) is 1. The van der Waals surface area contributed by atoms with Gasteiger partial charge in [0.05, 0.1) is 4.90 Å². The topological polar surface area (TPSA) is 155 Å². The number of amides is 4. The van der Waals surface area contributed by atoms with Crippen LogP contribution in [0, 0.1) is 0 Å². The highest BCUT2D eigenvalue weighted by Crippen LogP contribution is 2.30. The highest BCUT2D eigenvalue weighted by atomic mass is 32.2. The Bertz CT molecular complexity index is 1710. The monoisotopic (exact) mass is 695 g/mol. The van der Waals surface area contributed by atoms with E-state index < -0.39 is 33.7 Å². The molecule has 3 saturated heterocycles. The highest BCUT2D eigenvalue weighted by molar-refractivity contribution is 7.89. The van der Waals surface area contributed by atoms with Crippen molar-refractivity contribution in [1.82, 2.24) is 24.7 Å². The molecule has 2 N–H and O–H groups in total. The smallest absolute Gasteiger partial charge is 0.407 e. The largest absolute Gasteiger partial charge is 0.490 e. The summed E-state index contributed by atoms with van der Waals surface area (Å²) in [5.41, 5.74) is 1.97. The van der Waals surface area contributed by atoms with Crippen LogP contribution in [0.3, 0.4) is 0 Å². The van der Waals surface area contributed by atoms with Crippen molar-refractivity contribution in [2.45, 2.75) is 101 Å². The van der Waals surface area contributed by atoms with Crippen molar-refractivity contribution >= 4 is 33.8 Å². The Labute approximate surface area is 287 Å². The number of nitrogens with zero attached hydrogens (tertiary/aromatic N) is 3. The average Bonchev–Trinajstić information content (AvgIpc) is 3.36. The summed E-state index contributed by atoms with van der Waals surface area (Å²) in [5, 5.41) is 5.18. The van der Waals surface area contributed by atoms with Gasteiger partial charge in [-0.2, -0.15) is 4.31 Å². The van der Waals surface area contributed by atoms with E-state index in [2.05, 4.69) is 15.5 Å². The molecule has 4 aliphatic heterocycles. The minimum absolute atomic E-state index is 0.0522. The van der Waals surface area contributed by atoms with Crippen LogP contribution in [0.4, 0.5) is 4.79 Å². The number of benzene rings is 2. The molecule has 0 spiro atoms. The van der Waals surface area contributed by atoms with Gasteiger partial charge in [0, 0.05) is 63.4 Å². The fourth-order valence-electron chi connectivity index (χ4n) is 6.93. The van der Waals surface area contributed by atoms with Gasteiger partial charge in [0.2, 0.25) is 21.8 Å². The van der Waals surface area contributed by atoms with Gasteiger partial charge in [0.1, 0.15) is 23.5 Å². The third kappa shape index (κ3) is 8.25. The lowest BCUT2D eigenvalue weighted by Crippen LogP contribution is -2.52. The van der Waals surface area contributed by atoms with Crippen LogP contribution in [0.1, 0.15) is 80.8 Å². The van der Waals surface area contributed by atoms with Crippen LogP contribution in [-0.2, 0) is 37.4 Å². The summed E-state index contributed by atoms with van der Waals surface area (Å²) in [6.07, 6.45) is 2.57. The molecule has 0 aliphatic carbocycles. The molecule has 1 atom stereocenters. The van der Waals surface area contributed by atoms with Gasteiger partial charge in [-0.05, 0) is 82.2 Å². The van der Waals surface area contributed by atoms with Crippen molar-refractivity contribution in [1.29, 1.82) is 0 Å². The first-order valence-electron chi connectivity index (χ1n) is 17.0. The lowest BCUT2D eigenvalue weighted by atomic mass is 10.0. The summed E-state index contributed by atoms with van der Waals surface area (Å²) in [4.78, 5) is 53.2. The number of piperidine rings is 3. The number of carbonyl (C=O) groups is 4. The molecule has 0 radical (unpaired) electrons. The second kappa shape index (κ2) is 14.1. The molecule has 14 heteroatoms. The zero-order chi connectivity index (χ0) is 34.9. The zero-order valence-corrected chi connectivity index (χ0v) is 29.1. The minimum atomic E-state index is -3.73. The van der Waals surface area contributed by atoms with Crippen LogP contribution in [0.2, 0.25) is 0 Å². The number of alkyl carbamates (subject to hydrolysis) is 1.